The van der Waals surface area contributed by atoms with Crippen molar-refractivity contribution < 1.29 is 18.7 Å². The van der Waals surface area contributed by atoms with E-state index in [1.807, 2.05) is 12.1 Å². The van der Waals surface area contributed by atoms with Crippen LogP contribution in [-0.4, -0.2) is 32.0 Å². The SMILES string of the molecule is COc1ccc(C2(CNC(=O)CCNC(=O)/C=C/c3ccco3)CCCCC2)cc1. The van der Waals surface area contributed by atoms with E-state index in [9.17, 15) is 9.59 Å². The fourth-order valence-corrected chi connectivity index (χ4v) is 4.00. The van der Waals surface area contributed by atoms with Crippen molar-refractivity contribution in [3.05, 3.63) is 60.1 Å². The van der Waals surface area contributed by atoms with Crippen LogP contribution in [0.5, 0.6) is 5.75 Å². The Labute approximate surface area is 177 Å². The number of carbonyl (C=O) groups excluding carboxylic acids is 2. The summed E-state index contributed by atoms with van der Waals surface area (Å²) in [6, 6.07) is 11.7. The molecule has 2 aromatic rings. The van der Waals surface area contributed by atoms with Crippen LogP contribution in [0.3, 0.4) is 0 Å². The number of nitrogens with one attached hydrogen (secondary N) is 2. The molecule has 0 aliphatic heterocycles. The van der Waals surface area contributed by atoms with E-state index in [4.69, 9.17) is 9.15 Å². The van der Waals surface area contributed by atoms with Gasteiger partial charge in [-0.05, 0) is 48.7 Å². The molecule has 3 rings (SSSR count). The van der Waals surface area contributed by atoms with Gasteiger partial charge in [0.05, 0.1) is 13.4 Å². The molecule has 1 aliphatic rings. The molecular formula is C24H30N2O4. The number of benzene rings is 1. The first-order valence-corrected chi connectivity index (χ1v) is 10.5. The molecule has 1 aliphatic carbocycles. The molecule has 160 valence electrons. The van der Waals surface area contributed by atoms with Gasteiger partial charge < -0.3 is 19.8 Å². The Kier molecular flexibility index (Phi) is 7.71. The van der Waals surface area contributed by atoms with Gasteiger partial charge in [-0.3, -0.25) is 9.59 Å². The van der Waals surface area contributed by atoms with Crippen molar-refractivity contribution >= 4 is 17.9 Å². The second kappa shape index (κ2) is 10.7. The number of rotatable bonds is 9. The van der Waals surface area contributed by atoms with Gasteiger partial charge in [-0.1, -0.05) is 31.4 Å². The molecule has 30 heavy (non-hydrogen) atoms. The largest absolute Gasteiger partial charge is 0.497 e. The van der Waals surface area contributed by atoms with Crippen molar-refractivity contribution in [1.29, 1.82) is 0 Å². The fourth-order valence-electron chi connectivity index (χ4n) is 4.00. The average molecular weight is 411 g/mol. The Bertz CT molecular complexity index is 835. The monoisotopic (exact) mass is 410 g/mol. The predicted octanol–water partition coefficient (Wildman–Crippen LogP) is 3.83. The van der Waals surface area contributed by atoms with E-state index in [2.05, 4.69) is 22.8 Å². The van der Waals surface area contributed by atoms with Gasteiger partial charge in [-0.2, -0.15) is 0 Å². The Morgan fingerprint density at radius 2 is 1.87 bits per heavy atom. The van der Waals surface area contributed by atoms with Gasteiger partial charge in [0.1, 0.15) is 11.5 Å². The number of ether oxygens (including phenoxy) is 1. The van der Waals surface area contributed by atoms with E-state index >= 15 is 0 Å². The Morgan fingerprint density at radius 1 is 1.10 bits per heavy atom. The normalized spacial score (nSPS) is 15.6. The molecule has 2 N–H and O–H groups in total. The average Bonchev–Trinajstić information content (AvgIpc) is 3.31. The molecule has 1 fully saturated rings. The van der Waals surface area contributed by atoms with Crippen LogP contribution in [0.15, 0.2) is 53.2 Å². The van der Waals surface area contributed by atoms with Crippen molar-refractivity contribution in [3.8, 4) is 5.75 Å². The van der Waals surface area contributed by atoms with Gasteiger partial charge in [-0.25, -0.2) is 0 Å². The summed E-state index contributed by atoms with van der Waals surface area (Å²) >= 11 is 0. The summed E-state index contributed by atoms with van der Waals surface area (Å²) in [5.41, 5.74) is 1.22. The van der Waals surface area contributed by atoms with Crippen LogP contribution in [0, 0.1) is 0 Å². The fraction of sp³-hybridized carbons (Fsp3) is 0.417. The van der Waals surface area contributed by atoms with E-state index in [0.717, 1.165) is 18.6 Å². The maximum absolute atomic E-state index is 12.4. The van der Waals surface area contributed by atoms with E-state index < -0.39 is 0 Å². The lowest BCUT2D eigenvalue weighted by molar-refractivity contribution is -0.121. The highest BCUT2D eigenvalue weighted by Gasteiger charge is 2.34. The molecule has 1 saturated carbocycles. The van der Waals surface area contributed by atoms with Crippen molar-refractivity contribution in [2.24, 2.45) is 0 Å². The number of methoxy groups -OCH3 is 1. The van der Waals surface area contributed by atoms with E-state index in [1.165, 1.54) is 30.9 Å². The molecule has 0 atom stereocenters. The van der Waals surface area contributed by atoms with Crippen LogP contribution in [0.2, 0.25) is 0 Å². The summed E-state index contributed by atoms with van der Waals surface area (Å²) in [4.78, 5) is 24.2. The minimum absolute atomic E-state index is 0.0325. The minimum Gasteiger partial charge on any atom is -0.497 e. The number of hydrogen-bond donors (Lipinski definition) is 2. The van der Waals surface area contributed by atoms with Gasteiger partial charge >= 0.3 is 0 Å². The third kappa shape index (κ3) is 5.99. The van der Waals surface area contributed by atoms with Crippen LogP contribution >= 0.6 is 0 Å². The summed E-state index contributed by atoms with van der Waals surface area (Å²) in [5.74, 6) is 1.15. The second-order valence-corrected chi connectivity index (χ2v) is 7.74. The third-order valence-electron chi connectivity index (χ3n) is 5.73. The quantitative estimate of drug-likeness (QED) is 0.616. The molecule has 1 heterocycles. The Hall–Kier alpha value is -3.02. The van der Waals surface area contributed by atoms with Crippen LogP contribution in [0.1, 0.15) is 49.8 Å². The van der Waals surface area contributed by atoms with E-state index in [0.29, 0.717) is 18.8 Å². The smallest absolute Gasteiger partial charge is 0.244 e. The standard InChI is InChI=1S/C24H30N2O4/c1-29-20-9-7-19(8-10-20)24(14-3-2-4-15-24)18-26-23(28)13-16-25-22(27)12-11-21-6-5-17-30-21/h5-12,17H,2-4,13-16,18H2,1H3,(H,25,27)(H,26,28)/b12-11+. The second-order valence-electron chi connectivity index (χ2n) is 7.74. The first kappa shape index (κ1) is 21.7. The zero-order valence-electron chi connectivity index (χ0n) is 17.5. The first-order valence-electron chi connectivity index (χ1n) is 10.5. The van der Waals surface area contributed by atoms with Crippen molar-refractivity contribution in [2.45, 2.75) is 43.9 Å². The van der Waals surface area contributed by atoms with Gasteiger partial charge in [0.15, 0.2) is 0 Å². The first-order chi connectivity index (χ1) is 14.6. The van der Waals surface area contributed by atoms with Crippen molar-refractivity contribution in [3.63, 3.8) is 0 Å². The van der Waals surface area contributed by atoms with Gasteiger partial charge in [0.25, 0.3) is 0 Å². The zero-order valence-corrected chi connectivity index (χ0v) is 17.5. The molecule has 0 unspecified atom stereocenters. The van der Waals surface area contributed by atoms with Crippen molar-refractivity contribution in [1.82, 2.24) is 10.6 Å². The topological polar surface area (TPSA) is 80.6 Å². The zero-order chi connectivity index (χ0) is 21.2. The summed E-state index contributed by atoms with van der Waals surface area (Å²) in [5, 5.41) is 5.82. The molecule has 0 bridgehead atoms. The van der Waals surface area contributed by atoms with Gasteiger partial charge in [0, 0.05) is 31.0 Å². The van der Waals surface area contributed by atoms with Crippen molar-refractivity contribution in [2.75, 3.05) is 20.2 Å². The Balaban J connectivity index is 1.47. The number of amides is 2. The van der Waals surface area contributed by atoms with E-state index in [1.54, 1.807) is 31.6 Å². The van der Waals surface area contributed by atoms with E-state index in [-0.39, 0.29) is 23.7 Å². The van der Waals surface area contributed by atoms with Gasteiger partial charge in [0.2, 0.25) is 11.8 Å². The summed E-state index contributed by atoms with van der Waals surface area (Å²) < 4.78 is 10.4. The lowest BCUT2D eigenvalue weighted by Crippen LogP contribution is -2.42. The Morgan fingerprint density at radius 3 is 2.53 bits per heavy atom. The molecule has 1 aromatic carbocycles. The molecular weight excluding hydrogens is 380 g/mol. The van der Waals surface area contributed by atoms with Crippen LogP contribution in [-0.2, 0) is 15.0 Å². The van der Waals surface area contributed by atoms with Crippen LogP contribution < -0.4 is 15.4 Å². The number of carbonyl (C=O) groups is 2. The molecule has 0 radical (unpaired) electrons. The molecule has 0 spiro atoms. The third-order valence-corrected chi connectivity index (χ3v) is 5.73. The molecule has 1 aromatic heterocycles. The van der Waals surface area contributed by atoms with Crippen LogP contribution in [0.25, 0.3) is 6.08 Å². The predicted molar refractivity (Wildman–Crippen MR) is 116 cm³/mol. The maximum atomic E-state index is 12.4. The summed E-state index contributed by atoms with van der Waals surface area (Å²) in [7, 11) is 1.66. The highest BCUT2D eigenvalue weighted by molar-refractivity contribution is 5.91. The van der Waals surface area contributed by atoms with Gasteiger partial charge in [-0.15, -0.1) is 0 Å². The molecule has 6 heteroatoms. The molecule has 2 amide bonds. The lowest BCUT2D eigenvalue weighted by Gasteiger charge is -2.38. The molecule has 0 saturated heterocycles. The highest BCUT2D eigenvalue weighted by atomic mass is 16.5. The highest BCUT2D eigenvalue weighted by Crippen LogP contribution is 2.39. The lowest BCUT2D eigenvalue weighted by atomic mass is 9.69. The minimum atomic E-state index is -0.249. The summed E-state index contributed by atoms with van der Waals surface area (Å²) in [6.07, 6.45) is 10.5. The molecule has 6 nitrogen and oxygen atoms in total. The van der Waals surface area contributed by atoms with Crippen LogP contribution in [0.4, 0.5) is 0 Å². The number of hydrogen-bond acceptors (Lipinski definition) is 4. The number of furan rings is 1. The summed E-state index contributed by atoms with van der Waals surface area (Å²) in [6.45, 7) is 0.910. The maximum Gasteiger partial charge on any atom is 0.244 e.